The average Bonchev–Trinajstić information content (AvgIpc) is 2.88. The maximum Gasteiger partial charge on any atom is 0.259 e. The zero-order chi connectivity index (χ0) is 14.5. The molecule has 0 amide bonds. The zero-order valence-corrected chi connectivity index (χ0v) is 13.1. The summed E-state index contributed by atoms with van der Waals surface area (Å²) < 4.78 is 24.3. The first-order chi connectivity index (χ1) is 9.61. The Morgan fingerprint density at radius 1 is 1.50 bits per heavy atom. The summed E-state index contributed by atoms with van der Waals surface area (Å²) >= 11 is 2.02. The van der Waals surface area contributed by atoms with E-state index in [9.17, 15) is 4.39 Å². The number of ether oxygens (including phenoxy) is 1. The lowest BCUT2D eigenvalue weighted by molar-refractivity contribution is 0.119. The van der Waals surface area contributed by atoms with Crippen LogP contribution in [0.2, 0.25) is 0 Å². The van der Waals surface area contributed by atoms with E-state index >= 15 is 0 Å². The summed E-state index contributed by atoms with van der Waals surface area (Å²) in [6.07, 6.45) is 0.929. The van der Waals surface area contributed by atoms with Crippen LogP contribution >= 0.6 is 22.6 Å². The van der Waals surface area contributed by atoms with E-state index in [1.54, 1.807) is 6.07 Å². The second-order valence-corrected chi connectivity index (χ2v) is 5.43. The van der Waals surface area contributed by atoms with Crippen LogP contribution in [0.15, 0.2) is 22.7 Å². The summed E-state index contributed by atoms with van der Waals surface area (Å²) in [6, 6.07) is 3.93. The molecule has 0 spiro atoms. The fourth-order valence-electron chi connectivity index (χ4n) is 1.59. The van der Waals surface area contributed by atoms with Gasteiger partial charge in [0.2, 0.25) is 0 Å². The Kier molecular flexibility index (Phi) is 5.44. The SMILES string of the molecule is CCCOCC(N)c1noc(-c2ccc(F)cc2I)n1. The lowest BCUT2D eigenvalue weighted by Crippen LogP contribution is -2.18. The van der Waals surface area contributed by atoms with E-state index in [-0.39, 0.29) is 5.82 Å². The first-order valence-electron chi connectivity index (χ1n) is 6.24. The quantitative estimate of drug-likeness (QED) is 0.606. The number of rotatable bonds is 6. The van der Waals surface area contributed by atoms with Crippen molar-refractivity contribution < 1.29 is 13.7 Å². The molecule has 2 rings (SSSR count). The number of nitrogens with zero attached hydrogens (tertiary/aromatic N) is 2. The van der Waals surface area contributed by atoms with Crippen molar-refractivity contribution in [1.82, 2.24) is 10.1 Å². The Morgan fingerprint density at radius 3 is 3.00 bits per heavy atom. The largest absolute Gasteiger partial charge is 0.379 e. The highest BCUT2D eigenvalue weighted by Gasteiger charge is 2.17. The smallest absolute Gasteiger partial charge is 0.259 e. The van der Waals surface area contributed by atoms with Crippen molar-refractivity contribution in [2.24, 2.45) is 5.73 Å². The fourth-order valence-corrected chi connectivity index (χ4v) is 2.29. The molecule has 0 bridgehead atoms. The van der Waals surface area contributed by atoms with Crippen molar-refractivity contribution in [1.29, 1.82) is 0 Å². The van der Waals surface area contributed by atoms with Gasteiger partial charge in [-0.15, -0.1) is 0 Å². The molecule has 20 heavy (non-hydrogen) atoms. The molecule has 1 atom stereocenters. The van der Waals surface area contributed by atoms with Gasteiger partial charge in [-0.05, 0) is 47.2 Å². The second kappa shape index (κ2) is 7.09. The molecule has 0 saturated carbocycles. The van der Waals surface area contributed by atoms with Gasteiger partial charge in [0.05, 0.1) is 18.2 Å². The Morgan fingerprint density at radius 2 is 2.30 bits per heavy atom. The average molecular weight is 391 g/mol. The standard InChI is InChI=1S/C13H15FIN3O2/c1-2-5-19-7-11(16)12-17-13(20-18-12)9-4-3-8(14)6-10(9)15/h3-4,6,11H,2,5,7,16H2,1H3. The zero-order valence-electron chi connectivity index (χ0n) is 11.0. The lowest BCUT2D eigenvalue weighted by Gasteiger charge is -2.06. The van der Waals surface area contributed by atoms with Crippen molar-refractivity contribution in [3.8, 4) is 11.5 Å². The second-order valence-electron chi connectivity index (χ2n) is 4.26. The molecule has 1 unspecified atom stereocenters. The van der Waals surface area contributed by atoms with E-state index in [4.69, 9.17) is 15.0 Å². The van der Waals surface area contributed by atoms with Crippen molar-refractivity contribution >= 4 is 22.6 Å². The van der Waals surface area contributed by atoms with E-state index in [0.29, 0.717) is 34.1 Å². The molecule has 1 aromatic carbocycles. The summed E-state index contributed by atoms with van der Waals surface area (Å²) in [6.45, 7) is 3.01. The van der Waals surface area contributed by atoms with Crippen LogP contribution in [0.4, 0.5) is 4.39 Å². The minimum Gasteiger partial charge on any atom is -0.379 e. The fraction of sp³-hybridized carbons (Fsp3) is 0.385. The van der Waals surface area contributed by atoms with E-state index in [1.165, 1.54) is 12.1 Å². The highest BCUT2D eigenvalue weighted by molar-refractivity contribution is 14.1. The molecule has 0 aliphatic carbocycles. The number of aromatic nitrogens is 2. The minimum atomic E-state index is -0.433. The van der Waals surface area contributed by atoms with E-state index in [1.807, 2.05) is 29.5 Å². The molecule has 2 aromatic rings. The van der Waals surface area contributed by atoms with Gasteiger partial charge in [0.1, 0.15) is 5.82 Å². The molecular formula is C13H15FIN3O2. The van der Waals surface area contributed by atoms with Crippen LogP contribution in [0.1, 0.15) is 25.2 Å². The van der Waals surface area contributed by atoms with Gasteiger partial charge in [-0.1, -0.05) is 12.1 Å². The third-order valence-corrected chi connectivity index (χ3v) is 3.47. The third kappa shape index (κ3) is 3.74. The number of nitrogens with two attached hydrogens (primary N) is 1. The van der Waals surface area contributed by atoms with Gasteiger partial charge in [0.15, 0.2) is 5.82 Å². The van der Waals surface area contributed by atoms with Gasteiger partial charge in [-0.25, -0.2) is 4.39 Å². The van der Waals surface area contributed by atoms with Gasteiger partial charge in [-0.3, -0.25) is 0 Å². The first-order valence-corrected chi connectivity index (χ1v) is 7.32. The molecule has 7 heteroatoms. The number of hydrogen-bond acceptors (Lipinski definition) is 5. The van der Waals surface area contributed by atoms with Crippen molar-refractivity contribution in [2.45, 2.75) is 19.4 Å². The molecule has 0 fully saturated rings. The van der Waals surface area contributed by atoms with Crippen LogP contribution in [-0.4, -0.2) is 23.4 Å². The van der Waals surface area contributed by atoms with Crippen LogP contribution in [0, 0.1) is 9.39 Å². The van der Waals surface area contributed by atoms with Crippen LogP contribution in [0.3, 0.4) is 0 Å². The number of hydrogen-bond donors (Lipinski definition) is 1. The van der Waals surface area contributed by atoms with Gasteiger partial charge < -0.3 is 15.0 Å². The Hall–Kier alpha value is -1.06. The van der Waals surface area contributed by atoms with Crippen LogP contribution < -0.4 is 5.73 Å². The molecule has 0 aliphatic rings. The van der Waals surface area contributed by atoms with Crippen LogP contribution in [-0.2, 0) is 4.74 Å². The minimum absolute atomic E-state index is 0.303. The maximum absolute atomic E-state index is 13.1. The van der Waals surface area contributed by atoms with Gasteiger partial charge in [0.25, 0.3) is 5.89 Å². The summed E-state index contributed by atoms with van der Waals surface area (Å²) in [7, 11) is 0. The Bertz CT molecular complexity index is 576. The maximum atomic E-state index is 13.1. The van der Waals surface area contributed by atoms with E-state index < -0.39 is 6.04 Å². The third-order valence-electron chi connectivity index (χ3n) is 2.58. The predicted molar refractivity (Wildman–Crippen MR) is 80.4 cm³/mol. The normalized spacial score (nSPS) is 12.6. The molecule has 0 radical (unpaired) electrons. The topological polar surface area (TPSA) is 74.2 Å². The van der Waals surface area contributed by atoms with E-state index in [0.717, 1.165) is 6.42 Å². The molecule has 1 heterocycles. The molecule has 2 N–H and O–H groups in total. The molecular weight excluding hydrogens is 376 g/mol. The first kappa shape index (κ1) is 15.3. The Labute approximate surface area is 129 Å². The summed E-state index contributed by atoms with van der Waals surface area (Å²) in [5.74, 6) is 0.411. The number of benzene rings is 1. The predicted octanol–water partition coefficient (Wildman–Crippen LogP) is 2.91. The lowest BCUT2D eigenvalue weighted by atomic mass is 10.2. The summed E-state index contributed by atoms with van der Waals surface area (Å²) in [4.78, 5) is 4.24. The van der Waals surface area contributed by atoms with Gasteiger partial charge in [0, 0.05) is 10.2 Å². The summed E-state index contributed by atoms with van der Waals surface area (Å²) in [5.41, 5.74) is 6.60. The highest BCUT2D eigenvalue weighted by Crippen LogP contribution is 2.25. The van der Waals surface area contributed by atoms with Crippen molar-refractivity contribution in [2.75, 3.05) is 13.2 Å². The van der Waals surface area contributed by atoms with E-state index in [2.05, 4.69) is 10.1 Å². The van der Waals surface area contributed by atoms with Gasteiger partial charge in [-0.2, -0.15) is 4.98 Å². The van der Waals surface area contributed by atoms with Crippen LogP contribution in [0.25, 0.3) is 11.5 Å². The Balaban J connectivity index is 2.12. The van der Waals surface area contributed by atoms with Crippen molar-refractivity contribution in [3.05, 3.63) is 33.4 Å². The molecule has 0 saturated heterocycles. The summed E-state index contributed by atoms with van der Waals surface area (Å²) in [5, 5.41) is 3.85. The van der Waals surface area contributed by atoms with Gasteiger partial charge >= 0.3 is 0 Å². The highest BCUT2D eigenvalue weighted by atomic mass is 127. The molecule has 0 aliphatic heterocycles. The molecule has 108 valence electrons. The number of halogens is 2. The monoisotopic (exact) mass is 391 g/mol. The van der Waals surface area contributed by atoms with Crippen molar-refractivity contribution in [3.63, 3.8) is 0 Å². The molecule has 5 nitrogen and oxygen atoms in total. The van der Waals surface area contributed by atoms with Crippen LogP contribution in [0.5, 0.6) is 0 Å². The molecule has 1 aromatic heterocycles.